The number of anilines is 1. The molecule has 0 fully saturated rings. The van der Waals surface area contributed by atoms with E-state index in [1.165, 1.54) is 5.56 Å². The van der Waals surface area contributed by atoms with Crippen LogP contribution in [0.5, 0.6) is 0 Å². The first-order chi connectivity index (χ1) is 5.38. The van der Waals surface area contributed by atoms with Crippen molar-refractivity contribution in [2.75, 3.05) is 11.9 Å². The maximum Gasteiger partial charge on any atom is 0.0360 e. The number of hydrogen-bond donors (Lipinski definition) is 1. The van der Waals surface area contributed by atoms with E-state index >= 15 is 0 Å². The standard InChI is InChI=1S/C9H11N2.Ac/c10-8-4-1-5-9-7(8)3-2-6-11-9;/h1,4-5,10-11H,2-3,6H2;/q-1;. The summed E-state index contributed by atoms with van der Waals surface area (Å²) in [5, 5.41) is 3.28. The van der Waals surface area contributed by atoms with Gasteiger partial charge in [0.1, 0.15) is 0 Å². The Morgan fingerprint density at radius 1 is 1.33 bits per heavy atom. The minimum absolute atomic E-state index is 0. The first kappa shape index (κ1) is 10.3. The summed E-state index contributed by atoms with van der Waals surface area (Å²) < 4.78 is 0. The second-order valence-electron chi connectivity index (χ2n) is 2.86. The Balaban J connectivity index is 0.000000720. The second-order valence-corrected chi connectivity index (χ2v) is 2.86. The van der Waals surface area contributed by atoms with Crippen molar-refractivity contribution in [2.24, 2.45) is 0 Å². The van der Waals surface area contributed by atoms with Gasteiger partial charge in [-0.05, 0) is 24.5 Å². The molecule has 2 rings (SSSR count). The van der Waals surface area contributed by atoms with Gasteiger partial charge in [-0.2, -0.15) is 0 Å². The summed E-state index contributed by atoms with van der Waals surface area (Å²) in [5.41, 5.74) is 10.6. The molecule has 0 atom stereocenters. The molecule has 1 radical (unpaired) electrons. The smallest absolute Gasteiger partial charge is 0.0360 e. The number of rotatable bonds is 0. The molecule has 12 heavy (non-hydrogen) atoms. The van der Waals surface area contributed by atoms with E-state index in [-0.39, 0.29) is 44.1 Å². The van der Waals surface area contributed by atoms with Crippen LogP contribution in [-0.4, -0.2) is 6.54 Å². The third-order valence-electron chi connectivity index (χ3n) is 2.10. The van der Waals surface area contributed by atoms with E-state index < -0.39 is 0 Å². The average Bonchev–Trinajstić information content (AvgIpc) is 2.06. The zero-order chi connectivity index (χ0) is 7.68. The minimum Gasteiger partial charge on any atom is -0.698 e. The molecule has 0 saturated heterocycles. The van der Waals surface area contributed by atoms with Gasteiger partial charge in [0, 0.05) is 56.3 Å². The van der Waals surface area contributed by atoms with Crippen LogP contribution >= 0.6 is 0 Å². The van der Waals surface area contributed by atoms with Crippen LogP contribution in [0.15, 0.2) is 18.2 Å². The monoisotopic (exact) mass is 374 g/mol. The molecule has 0 spiro atoms. The maximum absolute atomic E-state index is 7.61. The summed E-state index contributed by atoms with van der Waals surface area (Å²) in [4.78, 5) is 0. The molecule has 0 aromatic heterocycles. The summed E-state index contributed by atoms with van der Waals surface area (Å²) in [6, 6.07) is 5.83. The topological polar surface area (TPSA) is 35.8 Å². The van der Waals surface area contributed by atoms with E-state index in [4.69, 9.17) is 5.73 Å². The molecule has 0 aliphatic carbocycles. The van der Waals surface area contributed by atoms with Gasteiger partial charge in [-0.25, -0.2) is 0 Å². The molecule has 61 valence electrons. The van der Waals surface area contributed by atoms with Gasteiger partial charge in [-0.1, -0.05) is 12.1 Å². The van der Waals surface area contributed by atoms with Crippen LogP contribution in [0, 0.1) is 44.1 Å². The van der Waals surface area contributed by atoms with E-state index in [0.29, 0.717) is 5.69 Å². The quantitative estimate of drug-likeness (QED) is 0.745. The molecule has 1 aromatic rings. The van der Waals surface area contributed by atoms with Crippen LogP contribution in [0.3, 0.4) is 0 Å². The number of nitrogens with one attached hydrogen (secondary N) is 2. The molecule has 1 heterocycles. The maximum atomic E-state index is 7.61. The number of hydrogen-bond acceptors (Lipinski definition) is 1. The van der Waals surface area contributed by atoms with Gasteiger partial charge in [0.2, 0.25) is 0 Å². The van der Waals surface area contributed by atoms with Gasteiger partial charge in [0.15, 0.2) is 0 Å². The zero-order valence-corrected chi connectivity index (χ0v) is 11.7. The predicted octanol–water partition coefficient (Wildman–Crippen LogP) is 2.73. The Morgan fingerprint density at radius 2 is 2.17 bits per heavy atom. The van der Waals surface area contributed by atoms with E-state index in [9.17, 15) is 0 Å². The molecule has 1 aromatic carbocycles. The molecule has 0 bridgehead atoms. The summed E-state index contributed by atoms with van der Waals surface area (Å²) >= 11 is 0. The normalized spacial score (nSPS) is 14.0. The molecule has 2 nitrogen and oxygen atoms in total. The molecule has 1 aliphatic heterocycles. The SMILES string of the molecule is [Ac].[NH-]c1cccc2c1CCCN2. The van der Waals surface area contributed by atoms with Crippen molar-refractivity contribution in [3.8, 4) is 0 Å². The van der Waals surface area contributed by atoms with Gasteiger partial charge < -0.3 is 11.1 Å². The Labute approximate surface area is 108 Å². The van der Waals surface area contributed by atoms with E-state index in [1.54, 1.807) is 0 Å². The van der Waals surface area contributed by atoms with Crippen molar-refractivity contribution in [3.05, 3.63) is 29.5 Å². The van der Waals surface area contributed by atoms with Crippen molar-refractivity contribution in [3.63, 3.8) is 0 Å². The van der Waals surface area contributed by atoms with Crippen LogP contribution in [0.4, 0.5) is 11.4 Å². The second kappa shape index (κ2) is 4.48. The van der Waals surface area contributed by atoms with Crippen molar-refractivity contribution < 1.29 is 44.1 Å². The van der Waals surface area contributed by atoms with Gasteiger partial charge in [0.25, 0.3) is 0 Å². The van der Waals surface area contributed by atoms with Crippen LogP contribution in [-0.2, 0) is 6.42 Å². The predicted molar refractivity (Wildman–Crippen MR) is 47.2 cm³/mol. The van der Waals surface area contributed by atoms with Crippen LogP contribution in [0.2, 0.25) is 0 Å². The first-order valence-electron chi connectivity index (χ1n) is 3.95. The molecular weight excluding hydrogens is 363 g/mol. The van der Waals surface area contributed by atoms with Gasteiger partial charge >= 0.3 is 0 Å². The Hall–Kier alpha value is 0.262. The molecule has 0 unspecified atom stereocenters. The fourth-order valence-electron chi connectivity index (χ4n) is 1.51. The summed E-state index contributed by atoms with van der Waals surface area (Å²) in [7, 11) is 0. The third kappa shape index (κ3) is 1.95. The molecule has 3 heteroatoms. The minimum atomic E-state index is 0. The van der Waals surface area contributed by atoms with Gasteiger partial charge in [-0.15, -0.1) is 5.69 Å². The largest absolute Gasteiger partial charge is 0.698 e. The molecule has 0 saturated carbocycles. The Kier molecular flexibility index (Phi) is 3.87. The fraction of sp³-hybridized carbons (Fsp3) is 0.333. The van der Waals surface area contributed by atoms with Crippen molar-refractivity contribution in [1.29, 1.82) is 0 Å². The van der Waals surface area contributed by atoms with E-state index in [0.717, 1.165) is 25.1 Å². The van der Waals surface area contributed by atoms with Gasteiger partial charge in [0.05, 0.1) is 0 Å². The summed E-state index contributed by atoms with van der Waals surface area (Å²) in [6.07, 6.45) is 2.21. The van der Waals surface area contributed by atoms with Crippen LogP contribution in [0.25, 0.3) is 5.73 Å². The van der Waals surface area contributed by atoms with Gasteiger partial charge in [-0.3, -0.25) is 0 Å². The molecule has 0 amide bonds. The van der Waals surface area contributed by atoms with Crippen molar-refractivity contribution >= 4 is 11.4 Å². The molecular formula is C9H11AcN2-. The summed E-state index contributed by atoms with van der Waals surface area (Å²) in [5.74, 6) is 0. The number of benzene rings is 1. The number of fused-ring (bicyclic) bond motifs is 1. The average molecular weight is 374 g/mol. The Bertz CT molecular complexity index is 273. The fourth-order valence-corrected chi connectivity index (χ4v) is 1.51. The zero-order valence-electron chi connectivity index (χ0n) is 6.93. The van der Waals surface area contributed by atoms with Crippen LogP contribution in [0.1, 0.15) is 12.0 Å². The van der Waals surface area contributed by atoms with Crippen molar-refractivity contribution in [1.82, 2.24) is 0 Å². The molecule has 1 aliphatic rings. The third-order valence-corrected chi connectivity index (χ3v) is 2.10. The summed E-state index contributed by atoms with van der Waals surface area (Å²) in [6.45, 7) is 1.05. The van der Waals surface area contributed by atoms with Crippen molar-refractivity contribution in [2.45, 2.75) is 12.8 Å². The first-order valence-corrected chi connectivity index (χ1v) is 3.95. The van der Waals surface area contributed by atoms with E-state index in [2.05, 4.69) is 5.32 Å². The van der Waals surface area contributed by atoms with E-state index in [1.807, 2.05) is 18.2 Å². The Morgan fingerprint density at radius 3 is 2.92 bits per heavy atom. The molecule has 2 N–H and O–H groups in total. The van der Waals surface area contributed by atoms with Crippen LogP contribution < -0.4 is 5.32 Å².